The molecule has 0 aliphatic heterocycles. The van der Waals surface area contributed by atoms with Crippen LogP contribution in [-0.4, -0.2) is 15.5 Å². The summed E-state index contributed by atoms with van der Waals surface area (Å²) in [6.45, 7) is 1.71. The van der Waals surface area contributed by atoms with E-state index in [2.05, 4.69) is 15.9 Å². The lowest BCUT2D eigenvalue weighted by Gasteiger charge is -2.12. The molecule has 0 aromatic heterocycles. The average molecular weight is 370 g/mol. The van der Waals surface area contributed by atoms with Gasteiger partial charge in [0, 0.05) is 15.7 Å². The molecule has 0 saturated heterocycles. The summed E-state index contributed by atoms with van der Waals surface area (Å²) >= 11 is 3.34. The lowest BCUT2D eigenvalue weighted by Crippen LogP contribution is -2.09. The number of halogens is 1. The van der Waals surface area contributed by atoms with E-state index in [1.807, 2.05) is 0 Å². The zero-order chi connectivity index (χ0) is 15.6. The van der Waals surface area contributed by atoms with Crippen molar-refractivity contribution in [3.8, 4) is 5.75 Å². The van der Waals surface area contributed by atoms with E-state index in [1.54, 1.807) is 43.3 Å². The topological polar surface area (TPSA) is 69.4 Å². The van der Waals surface area contributed by atoms with Gasteiger partial charge in [0.1, 0.15) is 5.75 Å². The second-order valence-corrected chi connectivity index (χ2v) is 7.56. The number of sulfone groups is 1. The van der Waals surface area contributed by atoms with Gasteiger partial charge in [-0.25, -0.2) is 8.42 Å². The number of hydrogen-bond acceptors (Lipinski definition) is 4. The Kier molecular flexibility index (Phi) is 4.58. The zero-order valence-corrected chi connectivity index (χ0v) is 14.2. The van der Waals surface area contributed by atoms with E-state index in [0.717, 1.165) is 4.47 Å². The maximum absolute atomic E-state index is 12.6. The first-order valence-electron chi connectivity index (χ1n) is 6.25. The van der Waals surface area contributed by atoms with Crippen molar-refractivity contribution in [3.63, 3.8) is 0 Å². The molecule has 2 aromatic rings. The molecule has 0 unspecified atom stereocenters. The van der Waals surface area contributed by atoms with Crippen LogP contribution < -0.4 is 10.5 Å². The molecule has 0 aliphatic carbocycles. The molecule has 0 radical (unpaired) electrons. The normalized spacial score (nSPS) is 11.4. The first-order chi connectivity index (χ1) is 9.85. The number of nitrogens with two attached hydrogens (primary N) is 1. The van der Waals surface area contributed by atoms with Crippen LogP contribution in [0.4, 0.5) is 5.69 Å². The van der Waals surface area contributed by atoms with Crippen LogP contribution in [0, 0.1) is 6.92 Å². The maximum atomic E-state index is 12.6. The number of hydrogen-bond donors (Lipinski definition) is 1. The fraction of sp³-hybridized carbons (Fsp3) is 0.200. The minimum Gasteiger partial charge on any atom is -0.496 e. The molecular weight excluding hydrogens is 354 g/mol. The minimum atomic E-state index is -3.50. The maximum Gasteiger partial charge on any atom is 0.182 e. The quantitative estimate of drug-likeness (QED) is 0.839. The van der Waals surface area contributed by atoms with Crippen LogP contribution in [0.5, 0.6) is 5.75 Å². The van der Waals surface area contributed by atoms with Crippen LogP contribution in [0.2, 0.25) is 0 Å². The molecule has 0 amide bonds. The Morgan fingerprint density at radius 1 is 1.24 bits per heavy atom. The third-order valence-electron chi connectivity index (χ3n) is 3.25. The summed E-state index contributed by atoms with van der Waals surface area (Å²) in [4.78, 5) is 0.254. The Labute approximate surface area is 133 Å². The van der Waals surface area contributed by atoms with Gasteiger partial charge in [-0.05, 0) is 42.8 Å². The molecule has 2 N–H and O–H groups in total. The first-order valence-corrected chi connectivity index (χ1v) is 8.70. The standard InChI is InChI=1S/C15H16BrNO3S/c1-10-13(17)4-3-5-15(10)21(18,19)9-11-8-12(16)6-7-14(11)20-2/h3-8H,9,17H2,1-2H3. The van der Waals surface area contributed by atoms with Crippen LogP contribution in [0.3, 0.4) is 0 Å². The monoisotopic (exact) mass is 369 g/mol. The number of ether oxygens (including phenoxy) is 1. The summed E-state index contributed by atoms with van der Waals surface area (Å²) < 4.78 is 31.3. The number of benzene rings is 2. The van der Waals surface area contributed by atoms with Gasteiger partial charge in [0.2, 0.25) is 0 Å². The Morgan fingerprint density at radius 2 is 1.95 bits per heavy atom. The van der Waals surface area contributed by atoms with Crippen molar-refractivity contribution in [2.45, 2.75) is 17.6 Å². The van der Waals surface area contributed by atoms with Crippen LogP contribution in [-0.2, 0) is 15.6 Å². The SMILES string of the molecule is COc1ccc(Br)cc1CS(=O)(=O)c1cccc(N)c1C. The molecule has 6 heteroatoms. The predicted octanol–water partition coefficient (Wildman–Crippen LogP) is 3.32. The molecule has 0 bridgehead atoms. The molecular formula is C15H16BrNO3S. The minimum absolute atomic E-state index is 0.139. The van der Waals surface area contributed by atoms with Crippen molar-refractivity contribution in [2.75, 3.05) is 12.8 Å². The molecule has 0 spiro atoms. The van der Waals surface area contributed by atoms with Gasteiger partial charge in [0.15, 0.2) is 9.84 Å². The van der Waals surface area contributed by atoms with Crippen molar-refractivity contribution in [2.24, 2.45) is 0 Å². The van der Waals surface area contributed by atoms with Crippen molar-refractivity contribution >= 4 is 31.5 Å². The molecule has 0 atom stereocenters. The van der Waals surface area contributed by atoms with E-state index in [4.69, 9.17) is 10.5 Å². The van der Waals surface area contributed by atoms with Crippen LogP contribution in [0.1, 0.15) is 11.1 Å². The van der Waals surface area contributed by atoms with Gasteiger partial charge in [-0.15, -0.1) is 0 Å². The highest BCUT2D eigenvalue weighted by atomic mass is 79.9. The van der Waals surface area contributed by atoms with Gasteiger partial charge >= 0.3 is 0 Å². The molecule has 2 aromatic carbocycles. The van der Waals surface area contributed by atoms with E-state index in [-0.39, 0.29) is 10.6 Å². The van der Waals surface area contributed by atoms with Crippen LogP contribution >= 0.6 is 15.9 Å². The van der Waals surface area contributed by atoms with Crippen molar-refractivity contribution in [1.82, 2.24) is 0 Å². The number of anilines is 1. The summed E-state index contributed by atoms with van der Waals surface area (Å²) in [5, 5.41) is 0. The smallest absolute Gasteiger partial charge is 0.182 e. The highest BCUT2D eigenvalue weighted by Gasteiger charge is 2.21. The molecule has 21 heavy (non-hydrogen) atoms. The zero-order valence-electron chi connectivity index (χ0n) is 11.8. The highest BCUT2D eigenvalue weighted by molar-refractivity contribution is 9.10. The van der Waals surface area contributed by atoms with Crippen molar-refractivity contribution < 1.29 is 13.2 Å². The van der Waals surface area contributed by atoms with Crippen LogP contribution in [0.25, 0.3) is 0 Å². The Hall–Kier alpha value is -1.53. The van der Waals surface area contributed by atoms with Gasteiger partial charge in [-0.1, -0.05) is 22.0 Å². The summed E-state index contributed by atoms with van der Waals surface area (Å²) in [6.07, 6.45) is 0. The number of nitrogen functional groups attached to an aromatic ring is 1. The highest BCUT2D eigenvalue weighted by Crippen LogP contribution is 2.29. The van der Waals surface area contributed by atoms with Gasteiger partial charge in [0.05, 0.1) is 17.8 Å². The van der Waals surface area contributed by atoms with Crippen LogP contribution in [0.15, 0.2) is 45.8 Å². The van der Waals surface area contributed by atoms with E-state index < -0.39 is 9.84 Å². The second-order valence-electron chi connectivity index (χ2n) is 4.69. The summed E-state index contributed by atoms with van der Waals surface area (Å²) in [6, 6.07) is 10.2. The Bertz CT molecular complexity index is 772. The molecule has 112 valence electrons. The number of methoxy groups -OCH3 is 1. The first kappa shape index (κ1) is 15.9. The van der Waals surface area contributed by atoms with Crippen molar-refractivity contribution in [1.29, 1.82) is 0 Å². The largest absolute Gasteiger partial charge is 0.496 e. The predicted molar refractivity (Wildman–Crippen MR) is 87.2 cm³/mol. The molecule has 4 nitrogen and oxygen atoms in total. The molecule has 0 heterocycles. The summed E-state index contributed by atoms with van der Waals surface area (Å²) in [5.74, 6) is 0.406. The molecule has 0 fully saturated rings. The van der Waals surface area contributed by atoms with Crippen molar-refractivity contribution in [3.05, 3.63) is 52.0 Å². The average Bonchev–Trinajstić information content (AvgIpc) is 2.41. The third kappa shape index (κ3) is 3.39. The lowest BCUT2D eigenvalue weighted by molar-refractivity contribution is 0.411. The van der Waals surface area contributed by atoms with Gasteiger partial charge in [0.25, 0.3) is 0 Å². The Balaban J connectivity index is 2.47. The fourth-order valence-electron chi connectivity index (χ4n) is 2.11. The second kappa shape index (κ2) is 6.07. The molecule has 2 rings (SSSR count). The Morgan fingerprint density at radius 3 is 2.62 bits per heavy atom. The number of rotatable bonds is 4. The van der Waals surface area contributed by atoms with E-state index >= 15 is 0 Å². The van der Waals surface area contributed by atoms with E-state index in [1.165, 1.54) is 7.11 Å². The molecule has 0 aliphatic rings. The van der Waals surface area contributed by atoms with E-state index in [9.17, 15) is 8.42 Å². The summed E-state index contributed by atoms with van der Waals surface area (Å²) in [7, 11) is -1.98. The molecule has 0 saturated carbocycles. The van der Waals surface area contributed by atoms with Gasteiger partial charge in [-0.2, -0.15) is 0 Å². The summed E-state index contributed by atoms with van der Waals surface area (Å²) in [5.41, 5.74) is 7.44. The third-order valence-corrected chi connectivity index (χ3v) is 5.55. The van der Waals surface area contributed by atoms with Gasteiger partial charge in [-0.3, -0.25) is 0 Å². The fourth-order valence-corrected chi connectivity index (χ4v) is 4.18. The lowest BCUT2D eigenvalue weighted by atomic mass is 10.2. The van der Waals surface area contributed by atoms with Gasteiger partial charge < -0.3 is 10.5 Å². The van der Waals surface area contributed by atoms with E-state index in [0.29, 0.717) is 22.6 Å².